The van der Waals surface area contributed by atoms with E-state index in [9.17, 15) is 9.59 Å². The molecule has 0 unspecified atom stereocenters. The smallest absolute Gasteiger partial charge is 0.264 e. The highest BCUT2D eigenvalue weighted by Crippen LogP contribution is 2.09. The molecule has 7 heteroatoms. The maximum atomic E-state index is 12.2. The summed E-state index contributed by atoms with van der Waals surface area (Å²) in [6, 6.07) is 5.35. The van der Waals surface area contributed by atoms with Crippen LogP contribution in [0.4, 0.5) is 0 Å². The van der Waals surface area contributed by atoms with E-state index in [4.69, 9.17) is 4.74 Å². The van der Waals surface area contributed by atoms with Crippen LogP contribution in [0.15, 0.2) is 35.4 Å². The van der Waals surface area contributed by atoms with Gasteiger partial charge < -0.3 is 15.0 Å². The van der Waals surface area contributed by atoms with Crippen molar-refractivity contribution >= 4 is 5.91 Å². The average Bonchev–Trinajstić information content (AvgIpc) is 2.56. The minimum absolute atomic E-state index is 0.00572. The van der Waals surface area contributed by atoms with E-state index in [0.29, 0.717) is 24.7 Å². The van der Waals surface area contributed by atoms with E-state index in [0.717, 1.165) is 12.8 Å². The minimum Gasteiger partial charge on any atom is -0.381 e. The topological polar surface area (TPSA) is 97.0 Å². The van der Waals surface area contributed by atoms with Crippen molar-refractivity contribution in [1.29, 1.82) is 0 Å². The summed E-state index contributed by atoms with van der Waals surface area (Å²) in [6.07, 6.45) is 4.41. The van der Waals surface area contributed by atoms with Gasteiger partial charge in [-0.3, -0.25) is 14.6 Å². The molecule has 0 aliphatic carbocycles. The zero-order chi connectivity index (χ0) is 15.4. The van der Waals surface area contributed by atoms with Gasteiger partial charge in [0.1, 0.15) is 11.3 Å². The molecule has 0 saturated carbocycles. The van der Waals surface area contributed by atoms with Crippen LogP contribution < -0.4 is 10.9 Å². The van der Waals surface area contributed by atoms with Crippen molar-refractivity contribution in [3.63, 3.8) is 0 Å². The van der Waals surface area contributed by atoms with Gasteiger partial charge in [0.2, 0.25) is 0 Å². The highest BCUT2D eigenvalue weighted by molar-refractivity contribution is 5.93. The third-order valence-corrected chi connectivity index (χ3v) is 3.51. The van der Waals surface area contributed by atoms with Crippen molar-refractivity contribution < 1.29 is 9.53 Å². The quantitative estimate of drug-likeness (QED) is 0.871. The SMILES string of the molecule is O=C(NC1CCOCC1)c1cnc(-c2ccccn2)[nH]c1=O. The van der Waals surface area contributed by atoms with Crippen LogP contribution in [-0.4, -0.2) is 40.1 Å². The summed E-state index contributed by atoms with van der Waals surface area (Å²) in [6.45, 7) is 1.25. The molecule has 1 aliphatic heterocycles. The molecule has 3 rings (SSSR count). The van der Waals surface area contributed by atoms with Crippen molar-refractivity contribution in [1.82, 2.24) is 20.3 Å². The molecule has 1 saturated heterocycles. The highest BCUT2D eigenvalue weighted by Gasteiger charge is 2.19. The number of aromatic amines is 1. The number of carbonyl (C=O) groups excluding carboxylic acids is 1. The molecule has 0 radical (unpaired) electrons. The molecule has 7 nitrogen and oxygen atoms in total. The summed E-state index contributed by atoms with van der Waals surface area (Å²) >= 11 is 0. The molecular formula is C15H16N4O3. The summed E-state index contributed by atoms with van der Waals surface area (Å²) in [5.74, 6) is -0.0681. The summed E-state index contributed by atoms with van der Waals surface area (Å²) < 4.78 is 5.24. The normalized spacial score (nSPS) is 15.5. The van der Waals surface area contributed by atoms with Gasteiger partial charge in [-0.2, -0.15) is 0 Å². The van der Waals surface area contributed by atoms with E-state index >= 15 is 0 Å². The second-order valence-corrected chi connectivity index (χ2v) is 5.05. The number of carbonyl (C=O) groups is 1. The van der Waals surface area contributed by atoms with Crippen LogP contribution in [-0.2, 0) is 4.74 Å². The second kappa shape index (κ2) is 6.48. The van der Waals surface area contributed by atoms with Gasteiger partial charge in [-0.1, -0.05) is 6.07 Å². The van der Waals surface area contributed by atoms with Crippen molar-refractivity contribution in [2.45, 2.75) is 18.9 Å². The van der Waals surface area contributed by atoms with Crippen LogP contribution in [0.1, 0.15) is 23.2 Å². The average molecular weight is 300 g/mol. The number of ether oxygens (including phenoxy) is 1. The molecule has 0 spiro atoms. The van der Waals surface area contributed by atoms with Crippen molar-refractivity contribution in [2.75, 3.05) is 13.2 Å². The predicted molar refractivity (Wildman–Crippen MR) is 79.4 cm³/mol. The molecule has 1 aliphatic rings. The van der Waals surface area contributed by atoms with E-state index in [1.165, 1.54) is 6.20 Å². The van der Waals surface area contributed by atoms with Gasteiger partial charge in [0.25, 0.3) is 11.5 Å². The molecule has 1 fully saturated rings. The van der Waals surface area contributed by atoms with E-state index < -0.39 is 11.5 Å². The summed E-state index contributed by atoms with van der Waals surface area (Å²) in [4.78, 5) is 35.1. The zero-order valence-corrected chi connectivity index (χ0v) is 11.9. The Bertz CT molecular complexity index is 708. The summed E-state index contributed by atoms with van der Waals surface area (Å²) in [5.41, 5.74) is 0.0855. The Balaban J connectivity index is 1.77. The Kier molecular flexibility index (Phi) is 4.24. The molecule has 114 valence electrons. The van der Waals surface area contributed by atoms with Crippen LogP contribution in [0.25, 0.3) is 11.5 Å². The van der Waals surface area contributed by atoms with Gasteiger partial charge >= 0.3 is 0 Å². The molecular weight excluding hydrogens is 284 g/mol. The largest absolute Gasteiger partial charge is 0.381 e. The van der Waals surface area contributed by atoms with Crippen molar-refractivity contribution in [3.05, 3.63) is 46.5 Å². The van der Waals surface area contributed by atoms with Crippen LogP contribution in [0, 0.1) is 0 Å². The number of H-pyrrole nitrogens is 1. The van der Waals surface area contributed by atoms with Crippen molar-refractivity contribution in [2.24, 2.45) is 0 Å². The fraction of sp³-hybridized carbons (Fsp3) is 0.333. The Hall–Kier alpha value is -2.54. The fourth-order valence-electron chi connectivity index (χ4n) is 2.29. The lowest BCUT2D eigenvalue weighted by molar-refractivity contribution is 0.0695. The van der Waals surface area contributed by atoms with Gasteiger partial charge in [0.05, 0.1) is 0 Å². The van der Waals surface area contributed by atoms with Gasteiger partial charge in [0, 0.05) is 31.6 Å². The Morgan fingerprint density at radius 2 is 2.09 bits per heavy atom. The first-order valence-corrected chi connectivity index (χ1v) is 7.13. The Morgan fingerprint density at radius 1 is 1.27 bits per heavy atom. The third-order valence-electron chi connectivity index (χ3n) is 3.51. The van der Waals surface area contributed by atoms with Gasteiger partial charge in [-0.25, -0.2) is 4.98 Å². The number of nitrogens with one attached hydrogen (secondary N) is 2. The van der Waals surface area contributed by atoms with E-state index in [2.05, 4.69) is 20.3 Å². The van der Waals surface area contributed by atoms with E-state index in [1.54, 1.807) is 24.4 Å². The van der Waals surface area contributed by atoms with Crippen LogP contribution in [0.5, 0.6) is 0 Å². The number of hydrogen-bond acceptors (Lipinski definition) is 5. The van der Waals surface area contributed by atoms with Crippen LogP contribution >= 0.6 is 0 Å². The monoisotopic (exact) mass is 300 g/mol. The molecule has 22 heavy (non-hydrogen) atoms. The summed E-state index contributed by atoms with van der Waals surface area (Å²) in [7, 11) is 0. The fourth-order valence-corrected chi connectivity index (χ4v) is 2.29. The van der Waals surface area contributed by atoms with Gasteiger partial charge in [-0.15, -0.1) is 0 Å². The highest BCUT2D eigenvalue weighted by atomic mass is 16.5. The number of aromatic nitrogens is 3. The molecule has 0 bridgehead atoms. The number of nitrogens with zero attached hydrogens (tertiary/aromatic N) is 2. The summed E-state index contributed by atoms with van der Waals surface area (Å²) in [5, 5.41) is 2.84. The molecule has 0 aromatic carbocycles. The Labute approximate surface area is 126 Å². The van der Waals surface area contributed by atoms with Gasteiger partial charge in [0.15, 0.2) is 5.82 Å². The molecule has 3 heterocycles. The first-order valence-electron chi connectivity index (χ1n) is 7.13. The predicted octanol–water partition coefficient (Wildman–Crippen LogP) is 0.741. The first-order chi connectivity index (χ1) is 10.7. The first kappa shape index (κ1) is 14.4. The Morgan fingerprint density at radius 3 is 2.77 bits per heavy atom. The van der Waals surface area contributed by atoms with Crippen LogP contribution in [0.3, 0.4) is 0 Å². The van der Waals surface area contributed by atoms with Crippen LogP contribution in [0.2, 0.25) is 0 Å². The molecule has 2 N–H and O–H groups in total. The minimum atomic E-state index is -0.472. The van der Waals surface area contributed by atoms with E-state index in [-0.39, 0.29) is 11.6 Å². The molecule has 1 amide bonds. The molecule has 2 aromatic rings. The standard InChI is InChI=1S/C15H16N4O3/c20-14(18-10-4-7-22-8-5-10)11-9-17-13(19-15(11)21)12-3-1-2-6-16-12/h1-3,6,9-10H,4-5,7-8H2,(H,18,20)(H,17,19,21). The lowest BCUT2D eigenvalue weighted by Crippen LogP contribution is -2.40. The molecule has 0 atom stereocenters. The lowest BCUT2D eigenvalue weighted by atomic mass is 10.1. The van der Waals surface area contributed by atoms with Crippen molar-refractivity contribution in [3.8, 4) is 11.5 Å². The number of hydrogen-bond donors (Lipinski definition) is 2. The maximum absolute atomic E-state index is 12.2. The van der Waals surface area contributed by atoms with E-state index in [1.807, 2.05) is 0 Å². The number of amides is 1. The maximum Gasteiger partial charge on any atom is 0.264 e. The second-order valence-electron chi connectivity index (χ2n) is 5.05. The zero-order valence-electron chi connectivity index (χ0n) is 11.9. The molecule has 2 aromatic heterocycles. The van der Waals surface area contributed by atoms with Gasteiger partial charge in [-0.05, 0) is 25.0 Å². The number of rotatable bonds is 3. The lowest BCUT2D eigenvalue weighted by Gasteiger charge is -2.22. The third kappa shape index (κ3) is 3.20. The number of pyridine rings is 1.